The number of hydrogen-bond donors (Lipinski definition) is 1. The molecule has 0 bridgehead atoms. The molecule has 114 valence electrons. The SMILES string of the molecule is C[C@@H]1CCCCN1CC(=O)Nc1ccc(F)cc1[N+](=O)[O-]. The number of nitro benzene ring substituents is 1. The van der Waals surface area contributed by atoms with Gasteiger partial charge in [-0.1, -0.05) is 6.42 Å². The quantitative estimate of drug-likeness (QED) is 0.684. The van der Waals surface area contributed by atoms with Crippen LogP contribution in [0.5, 0.6) is 0 Å². The summed E-state index contributed by atoms with van der Waals surface area (Å²) in [5.74, 6) is -1.03. The summed E-state index contributed by atoms with van der Waals surface area (Å²) >= 11 is 0. The van der Waals surface area contributed by atoms with Crippen LogP contribution < -0.4 is 5.32 Å². The molecule has 1 aromatic carbocycles. The molecule has 1 N–H and O–H groups in total. The second kappa shape index (κ2) is 6.62. The molecule has 1 fully saturated rings. The Morgan fingerprint density at radius 2 is 2.29 bits per heavy atom. The van der Waals surface area contributed by atoms with E-state index in [1.807, 2.05) is 4.90 Å². The molecule has 1 amide bonds. The molecule has 0 unspecified atom stereocenters. The van der Waals surface area contributed by atoms with Gasteiger partial charge in [0.05, 0.1) is 17.5 Å². The van der Waals surface area contributed by atoms with Gasteiger partial charge in [0.15, 0.2) is 0 Å². The number of nitrogens with one attached hydrogen (secondary N) is 1. The molecule has 1 aliphatic heterocycles. The normalized spacial score (nSPS) is 19.2. The Hall–Kier alpha value is -2.02. The first-order chi connectivity index (χ1) is 9.97. The average molecular weight is 295 g/mol. The van der Waals surface area contributed by atoms with Crippen molar-refractivity contribution in [2.24, 2.45) is 0 Å². The van der Waals surface area contributed by atoms with Crippen LogP contribution in [0.3, 0.4) is 0 Å². The number of likely N-dealkylation sites (tertiary alicyclic amines) is 1. The van der Waals surface area contributed by atoms with E-state index in [4.69, 9.17) is 0 Å². The molecule has 0 spiro atoms. The third kappa shape index (κ3) is 3.98. The van der Waals surface area contributed by atoms with Gasteiger partial charge in [0.2, 0.25) is 5.91 Å². The Morgan fingerprint density at radius 1 is 1.52 bits per heavy atom. The van der Waals surface area contributed by atoms with E-state index in [2.05, 4.69) is 12.2 Å². The maximum Gasteiger partial charge on any atom is 0.295 e. The number of anilines is 1. The highest BCUT2D eigenvalue weighted by Gasteiger charge is 2.22. The van der Waals surface area contributed by atoms with Crippen LogP contribution >= 0.6 is 0 Å². The molecule has 0 aromatic heterocycles. The fourth-order valence-electron chi connectivity index (χ4n) is 2.53. The van der Waals surface area contributed by atoms with Crippen molar-refractivity contribution in [1.82, 2.24) is 4.90 Å². The van der Waals surface area contributed by atoms with Gasteiger partial charge in [0.1, 0.15) is 11.5 Å². The molecule has 2 rings (SSSR count). The number of carbonyl (C=O) groups excluding carboxylic acids is 1. The lowest BCUT2D eigenvalue weighted by molar-refractivity contribution is -0.384. The molecule has 1 saturated heterocycles. The summed E-state index contributed by atoms with van der Waals surface area (Å²) < 4.78 is 13.0. The van der Waals surface area contributed by atoms with Gasteiger partial charge in [-0.3, -0.25) is 19.8 Å². The number of rotatable bonds is 4. The number of hydrogen-bond acceptors (Lipinski definition) is 4. The maximum absolute atomic E-state index is 13.0. The number of piperidine rings is 1. The predicted octanol–water partition coefficient (Wildman–Crippen LogP) is 2.55. The van der Waals surface area contributed by atoms with Crippen LogP contribution in [0, 0.1) is 15.9 Å². The zero-order chi connectivity index (χ0) is 15.4. The van der Waals surface area contributed by atoms with Gasteiger partial charge in [-0.15, -0.1) is 0 Å². The van der Waals surface area contributed by atoms with Crippen LogP contribution in [-0.4, -0.2) is 34.9 Å². The molecule has 1 aromatic rings. The first-order valence-corrected chi connectivity index (χ1v) is 6.95. The second-order valence-electron chi connectivity index (χ2n) is 5.28. The topological polar surface area (TPSA) is 75.5 Å². The van der Waals surface area contributed by atoms with Gasteiger partial charge in [-0.25, -0.2) is 4.39 Å². The fraction of sp³-hybridized carbons (Fsp3) is 0.500. The molecule has 0 saturated carbocycles. The Bertz CT molecular complexity index is 550. The molecular formula is C14H18FN3O3. The average Bonchev–Trinajstić information content (AvgIpc) is 2.43. The van der Waals surface area contributed by atoms with E-state index in [9.17, 15) is 19.3 Å². The third-order valence-corrected chi connectivity index (χ3v) is 3.72. The minimum atomic E-state index is -0.706. The summed E-state index contributed by atoms with van der Waals surface area (Å²) in [7, 11) is 0. The van der Waals surface area contributed by atoms with Crippen molar-refractivity contribution < 1.29 is 14.1 Å². The molecule has 0 radical (unpaired) electrons. The first-order valence-electron chi connectivity index (χ1n) is 6.95. The summed E-state index contributed by atoms with van der Waals surface area (Å²) in [4.78, 5) is 24.2. The van der Waals surface area contributed by atoms with Crippen molar-refractivity contribution in [2.45, 2.75) is 32.2 Å². The number of halogens is 1. The highest BCUT2D eigenvalue weighted by molar-refractivity contribution is 5.94. The van der Waals surface area contributed by atoms with Crippen molar-refractivity contribution in [3.8, 4) is 0 Å². The number of benzene rings is 1. The zero-order valence-corrected chi connectivity index (χ0v) is 11.8. The fourth-order valence-corrected chi connectivity index (χ4v) is 2.53. The van der Waals surface area contributed by atoms with Crippen molar-refractivity contribution in [2.75, 3.05) is 18.4 Å². The van der Waals surface area contributed by atoms with Gasteiger partial charge in [0.25, 0.3) is 5.69 Å². The Morgan fingerprint density at radius 3 is 2.95 bits per heavy atom. The van der Waals surface area contributed by atoms with Crippen LogP contribution in [0.15, 0.2) is 18.2 Å². The largest absolute Gasteiger partial charge is 0.319 e. The number of nitrogens with zero attached hydrogens (tertiary/aromatic N) is 2. The molecule has 1 heterocycles. The van der Waals surface area contributed by atoms with Gasteiger partial charge in [-0.05, 0) is 38.4 Å². The lowest BCUT2D eigenvalue weighted by atomic mass is 10.0. The third-order valence-electron chi connectivity index (χ3n) is 3.72. The number of nitro groups is 1. The molecular weight excluding hydrogens is 277 g/mol. The maximum atomic E-state index is 13.0. The standard InChI is InChI=1S/C14H18FN3O3/c1-10-4-2-3-7-17(10)9-14(19)16-12-6-5-11(15)8-13(12)18(20)21/h5-6,8,10H,2-4,7,9H2,1H3,(H,16,19)/t10-/m1/s1. The Labute approximate surface area is 122 Å². The van der Waals surface area contributed by atoms with Crippen LogP contribution in [0.25, 0.3) is 0 Å². The second-order valence-corrected chi connectivity index (χ2v) is 5.28. The summed E-state index contributed by atoms with van der Waals surface area (Å²) in [5, 5.41) is 13.4. The van der Waals surface area contributed by atoms with Crippen molar-refractivity contribution in [1.29, 1.82) is 0 Å². The van der Waals surface area contributed by atoms with E-state index in [1.54, 1.807) is 0 Å². The summed E-state index contributed by atoms with van der Waals surface area (Å²) in [5.41, 5.74) is -0.411. The molecule has 1 aliphatic rings. The molecule has 6 nitrogen and oxygen atoms in total. The smallest absolute Gasteiger partial charge is 0.295 e. The lowest BCUT2D eigenvalue weighted by Gasteiger charge is -2.32. The van der Waals surface area contributed by atoms with Crippen LogP contribution in [0.4, 0.5) is 15.8 Å². The molecule has 21 heavy (non-hydrogen) atoms. The van der Waals surface area contributed by atoms with Crippen LogP contribution in [0.1, 0.15) is 26.2 Å². The van der Waals surface area contributed by atoms with Crippen LogP contribution in [-0.2, 0) is 4.79 Å². The van der Waals surface area contributed by atoms with Gasteiger partial charge < -0.3 is 5.32 Å². The van der Waals surface area contributed by atoms with Crippen LogP contribution in [0.2, 0.25) is 0 Å². The summed E-state index contributed by atoms with van der Waals surface area (Å²) in [6, 6.07) is 3.43. The Balaban J connectivity index is 2.04. The highest BCUT2D eigenvalue weighted by atomic mass is 19.1. The van der Waals surface area contributed by atoms with E-state index >= 15 is 0 Å². The highest BCUT2D eigenvalue weighted by Crippen LogP contribution is 2.25. The first kappa shape index (κ1) is 15.4. The predicted molar refractivity (Wildman–Crippen MR) is 76.6 cm³/mol. The summed E-state index contributed by atoms with van der Waals surface area (Å²) in [6.07, 6.45) is 3.25. The number of carbonyl (C=O) groups is 1. The van der Waals surface area contributed by atoms with Gasteiger partial charge in [0, 0.05) is 6.04 Å². The Kier molecular flexibility index (Phi) is 4.85. The molecule has 1 atom stereocenters. The minimum Gasteiger partial charge on any atom is -0.319 e. The molecule has 0 aliphatic carbocycles. The lowest BCUT2D eigenvalue weighted by Crippen LogP contribution is -2.42. The molecule has 7 heteroatoms. The van der Waals surface area contributed by atoms with Gasteiger partial charge >= 0.3 is 0 Å². The van der Waals surface area contributed by atoms with Crippen molar-refractivity contribution >= 4 is 17.3 Å². The van der Waals surface area contributed by atoms with Crippen molar-refractivity contribution in [3.63, 3.8) is 0 Å². The van der Waals surface area contributed by atoms with E-state index in [1.165, 1.54) is 6.07 Å². The van der Waals surface area contributed by atoms with Gasteiger partial charge in [-0.2, -0.15) is 0 Å². The van der Waals surface area contributed by atoms with E-state index in [-0.39, 0.29) is 18.1 Å². The van der Waals surface area contributed by atoms with E-state index in [0.29, 0.717) is 6.04 Å². The summed E-state index contributed by atoms with van der Waals surface area (Å²) in [6.45, 7) is 3.10. The van der Waals surface area contributed by atoms with Crippen molar-refractivity contribution in [3.05, 3.63) is 34.1 Å². The monoisotopic (exact) mass is 295 g/mol. The number of amides is 1. The van der Waals surface area contributed by atoms with E-state index < -0.39 is 16.4 Å². The zero-order valence-electron chi connectivity index (χ0n) is 11.8. The minimum absolute atomic E-state index is 0.0241. The van der Waals surface area contributed by atoms with E-state index in [0.717, 1.165) is 37.9 Å².